The Hall–Kier alpha value is 0.210. The van der Waals surface area contributed by atoms with Gasteiger partial charge in [-0.2, -0.15) is 0 Å². The zero-order valence-corrected chi connectivity index (χ0v) is 11.8. The summed E-state index contributed by atoms with van der Waals surface area (Å²) in [6, 6.07) is 0. The summed E-state index contributed by atoms with van der Waals surface area (Å²) in [5, 5.41) is 3.80. The minimum absolute atomic E-state index is 0.220. The molecule has 0 amide bonds. The monoisotopic (exact) mass is 259 g/mol. The van der Waals surface area contributed by atoms with Crippen LogP contribution >= 0.6 is 11.6 Å². The van der Waals surface area contributed by atoms with Crippen molar-refractivity contribution < 1.29 is 4.74 Å². The standard InChI is InChI=1S/C14H26ClNO/c1-12-3-2-6-14(9-12,11-15)16-10-13-4-7-17-8-5-13/h12-13,16H,2-11H2,1H3. The van der Waals surface area contributed by atoms with Gasteiger partial charge in [-0.05, 0) is 44.1 Å². The quantitative estimate of drug-likeness (QED) is 0.783. The average molecular weight is 260 g/mol. The molecular weight excluding hydrogens is 234 g/mol. The molecule has 2 atom stereocenters. The smallest absolute Gasteiger partial charge is 0.0469 e. The number of nitrogens with one attached hydrogen (secondary N) is 1. The van der Waals surface area contributed by atoms with Crippen molar-refractivity contribution in [3.63, 3.8) is 0 Å². The summed E-state index contributed by atoms with van der Waals surface area (Å²) in [7, 11) is 0. The maximum absolute atomic E-state index is 6.23. The molecule has 2 unspecified atom stereocenters. The zero-order valence-electron chi connectivity index (χ0n) is 11.0. The van der Waals surface area contributed by atoms with E-state index in [1.807, 2.05) is 0 Å². The van der Waals surface area contributed by atoms with E-state index in [2.05, 4.69) is 12.2 Å². The summed E-state index contributed by atoms with van der Waals surface area (Å²) in [6.07, 6.45) is 7.62. The molecule has 1 saturated heterocycles. The molecule has 1 N–H and O–H groups in total. The maximum atomic E-state index is 6.23. The van der Waals surface area contributed by atoms with Crippen molar-refractivity contribution in [3.8, 4) is 0 Å². The first-order chi connectivity index (χ1) is 8.24. The Morgan fingerprint density at radius 3 is 2.71 bits per heavy atom. The molecule has 0 radical (unpaired) electrons. The molecule has 3 heteroatoms. The van der Waals surface area contributed by atoms with E-state index in [1.54, 1.807) is 0 Å². The summed E-state index contributed by atoms with van der Waals surface area (Å²) < 4.78 is 5.41. The highest BCUT2D eigenvalue weighted by atomic mass is 35.5. The summed E-state index contributed by atoms with van der Waals surface area (Å²) in [6.45, 7) is 5.37. The molecule has 17 heavy (non-hydrogen) atoms. The van der Waals surface area contributed by atoms with Crippen LogP contribution < -0.4 is 5.32 Å². The first-order valence-electron chi connectivity index (χ1n) is 7.13. The van der Waals surface area contributed by atoms with Gasteiger partial charge in [-0.1, -0.05) is 19.8 Å². The number of rotatable bonds is 4. The second-order valence-electron chi connectivity index (χ2n) is 6.05. The van der Waals surface area contributed by atoms with Crippen molar-refractivity contribution in [2.75, 3.05) is 25.6 Å². The van der Waals surface area contributed by atoms with Crippen LogP contribution in [-0.4, -0.2) is 31.2 Å². The molecule has 1 heterocycles. The predicted octanol–water partition coefficient (Wildman–Crippen LogP) is 3.19. The Morgan fingerprint density at radius 2 is 2.06 bits per heavy atom. The van der Waals surface area contributed by atoms with Gasteiger partial charge in [0.15, 0.2) is 0 Å². The summed E-state index contributed by atoms with van der Waals surface area (Å²) >= 11 is 6.23. The van der Waals surface area contributed by atoms with Crippen LogP contribution in [0.2, 0.25) is 0 Å². The number of hydrogen-bond acceptors (Lipinski definition) is 2. The Balaban J connectivity index is 1.81. The lowest BCUT2D eigenvalue weighted by Crippen LogP contribution is -2.52. The SMILES string of the molecule is CC1CCCC(CCl)(NCC2CCOCC2)C1. The maximum Gasteiger partial charge on any atom is 0.0469 e. The third-order valence-corrected chi connectivity index (χ3v) is 4.97. The molecule has 0 aromatic carbocycles. The lowest BCUT2D eigenvalue weighted by molar-refractivity contribution is 0.0616. The van der Waals surface area contributed by atoms with E-state index >= 15 is 0 Å². The van der Waals surface area contributed by atoms with Crippen molar-refractivity contribution in [1.82, 2.24) is 5.32 Å². The third kappa shape index (κ3) is 3.84. The van der Waals surface area contributed by atoms with Gasteiger partial charge in [0, 0.05) is 24.6 Å². The van der Waals surface area contributed by atoms with E-state index < -0.39 is 0 Å². The molecule has 100 valence electrons. The molecule has 0 aromatic heterocycles. The molecule has 2 fully saturated rings. The fourth-order valence-corrected chi connectivity index (χ4v) is 3.64. The average Bonchev–Trinajstić information content (AvgIpc) is 2.38. The molecule has 1 aliphatic carbocycles. The van der Waals surface area contributed by atoms with Gasteiger partial charge in [0.05, 0.1) is 0 Å². The molecule has 2 aliphatic rings. The van der Waals surface area contributed by atoms with Gasteiger partial charge in [-0.3, -0.25) is 0 Å². The molecular formula is C14H26ClNO. The minimum atomic E-state index is 0.220. The van der Waals surface area contributed by atoms with Gasteiger partial charge in [0.2, 0.25) is 0 Å². The van der Waals surface area contributed by atoms with E-state index in [9.17, 15) is 0 Å². The molecule has 1 aliphatic heterocycles. The highest BCUT2D eigenvalue weighted by Gasteiger charge is 2.34. The second kappa shape index (κ2) is 6.40. The van der Waals surface area contributed by atoms with Crippen molar-refractivity contribution in [2.45, 2.75) is 51.0 Å². The largest absolute Gasteiger partial charge is 0.381 e. The van der Waals surface area contributed by atoms with E-state index in [4.69, 9.17) is 16.3 Å². The van der Waals surface area contributed by atoms with Gasteiger partial charge >= 0.3 is 0 Å². The predicted molar refractivity (Wildman–Crippen MR) is 72.6 cm³/mol. The van der Waals surface area contributed by atoms with Crippen molar-refractivity contribution in [3.05, 3.63) is 0 Å². The Morgan fingerprint density at radius 1 is 1.29 bits per heavy atom. The van der Waals surface area contributed by atoms with Crippen LogP contribution in [-0.2, 0) is 4.74 Å². The first-order valence-corrected chi connectivity index (χ1v) is 7.66. The number of hydrogen-bond donors (Lipinski definition) is 1. The Kier molecular flexibility index (Phi) is 5.13. The van der Waals surface area contributed by atoms with Crippen LogP contribution in [0.4, 0.5) is 0 Å². The van der Waals surface area contributed by atoms with Crippen LogP contribution in [0.25, 0.3) is 0 Å². The Bertz CT molecular complexity index is 230. The highest BCUT2D eigenvalue weighted by molar-refractivity contribution is 6.18. The molecule has 2 nitrogen and oxygen atoms in total. The molecule has 0 aromatic rings. The fraction of sp³-hybridized carbons (Fsp3) is 1.00. The Labute approximate surface area is 110 Å². The van der Waals surface area contributed by atoms with Crippen LogP contribution in [0, 0.1) is 11.8 Å². The van der Waals surface area contributed by atoms with Crippen LogP contribution in [0.1, 0.15) is 45.4 Å². The van der Waals surface area contributed by atoms with E-state index in [-0.39, 0.29) is 5.54 Å². The van der Waals surface area contributed by atoms with Crippen LogP contribution in [0.5, 0.6) is 0 Å². The highest BCUT2D eigenvalue weighted by Crippen LogP contribution is 2.33. The molecule has 0 bridgehead atoms. The third-order valence-electron chi connectivity index (χ3n) is 4.45. The summed E-state index contributed by atoms with van der Waals surface area (Å²) in [4.78, 5) is 0. The topological polar surface area (TPSA) is 21.3 Å². The summed E-state index contributed by atoms with van der Waals surface area (Å²) in [5.74, 6) is 2.38. The van der Waals surface area contributed by atoms with Crippen LogP contribution in [0.3, 0.4) is 0 Å². The number of ether oxygens (including phenoxy) is 1. The first kappa shape index (κ1) is 13.6. The fourth-order valence-electron chi connectivity index (χ4n) is 3.30. The van der Waals surface area contributed by atoms with Gasteiger partial charge in [-0.25, -0.2) is 0 Å². The van der Waals surface area contributed by atoms with E-state index in [1.165, 1.54) is 38.5 Å². The number of halogens is 1. The minimum Gasteiger partial charge on any atom is -0.381 e. The van der Waals surface area contributed by atoms with Gasteiger partial charge < -0.3 is 10.1 Å². The van der Waals surface area contributed by atoms with Crippen molar-refractivity contribution >= 4 is 11.6 Å². The van der Waals surface area contributed by atoms with E-state index in [0.717, 1.165) is 37.5 Å². The normalized spacial score (nSPS) is 36.0. The molecule has 1 saturated carbocycles. The molecule has 2 rings (SSSR count). The summed E-state index contributed by atoms with van der Waals surface area (Å²) in [5.41, 5.74) is 0.220. The van der Waals surface area contributed by atoms with Gasteiger partial charge in [0.1, 0.15) is 0 Å². The van der Waals surface area contributed by atoms with Crippen LogP contribution in [0.15, 0.2) is 0 Å². The van der Waals surface area contributed by atoms with Gasteiger partial charge in [-0.15, -0.1) is 11.6 Å². The van der Waals surface area contributed by atoms with Crippen molar-refractivity contribution in [1.29, 1.82) is 0 Å². The number of alkyl halides is 1. The van der Waals surface area contributed by atoms with E-state index in [0.29, 0.717) is 0 Å². The lowest BCUT2D eigenvalue weighted by atomic mass is 9.77. The van der Waals surface area contributed by atoms with Gasteiger partial charge in [0.25, 0.3) is 0 Å². The second-order valence-corrected chi connectivity index (χ2v) is 6.32. The van der Waals surface area contributed by atoms with Crippen molar-refractivity contribution in [2.24, 2.45) is 11.8 Å². The lowest BCUT2D eigenvalue weighted by Gasteiger charge is -2.41. The molecule has 0 spiro atoms. The zero-order chi connectivity index (χ0) is 12.1.